The van der Waals surface area contributed by atoms with Crippen LogP contribution in [0.15, 0.2) is 22.7 Å². The summed E-state index contributed by atoms with van der Waals surface area (Å²) in [6.07, 6.45) is 1.24. The number of alkyl halides is 1. The Hall–Kier alpha value is 0.0300. The van der Waals surface area contributed by atoms with Gasteiger partial charge in [-0.05, 0) is 47.0 Å². The Morgan fingerprint density at radius 2 is 2.00 bits per heavy atom. The van der Waals surface area contributed by atoms with E-state index in [0.717, 1.165) is 0 Å². The molecule has 0 spiro atoms. The lowest BCUT2D eigenvalue weighted by Gasteiger charge is -2.08. The van der Waals surface area contributed by atoms with E-state index in [-0.39, 0.29) is 5.75 Å². The summed E-state index contributed by atoms with van der Waals surface area (Å²) in [4.78, 5) is 0. The van der Waals surface area contributed by atoms with Crippen LogP contribution in [0.2, 0.25) is 5.02 Å². The molecule has 0 bridgehead atoms. The van der Waals surface area contributed by atoms with Crippen LogP contribution >= 0.6 is 39.1 Å². The highest BCUT2D eigenvalue weighted by atomic mass is 79.9. The minimum atomic E-state index is -3.31. The third kappa shape index (κ3) is 5.46. The Morgan fingerprint density at radius 3 is 2.59 bits per heavy atom. The highest BCUT2D eigenvalue weighted by molar-refractivity contribution is 9.10. The zero-order valence-corrected chi connectivity index (χ0v) is 12.8. The van der Waals surface area contributed by atoms with Crippen LogP contribution in [-0.4, -0.2) is 20.1 Å². The fourth-order valence-electron chi connectivity index (χ4n) is 1.18. The topological polar surface area (TPSA) is 46.2 Å². The molecule has 17 heavy (non-hydrogen) atoms. The minimum absolute atomic E-state index is 0.0694. The van der Waals surface area contributed by atoms with Gasteiger partial charge < -0.3 is 0 Å². The van der Waals surface area contributed by atoms with Crippen LogP contribution in [0.4, 0.5) is 5.69 Å². The van der Waals surface area contributed by atoms with Crippen LogP contribution in [0, 0.1) is 0 Å². The third-order valence-electron chi connectivity index (χ3n) is 1.99. The average Bonchev–Trinajstić information content (AvgIpc) is 2.23. The predicted octanol–water partition coefficient (Wildman–Crippen LogP) is 3.86. The minimum Gasteiger partial charge on any atom is -0.284 e. The molecule has 1 N–H and O–H groups in total. The van der Waals surface area contributed by atoms with Crippen LogP contribution in [0.5, 0.6) is 0 Å². The van der Waals surface area contributed by atoms with E-state index in [1.165, 1.54) is 0 Å². The highest BCUT2D eigenvalue weighted by Gasteiger charge is 2.10. The number of rotatable bonds is 6. The Labute approximate surface area is 120 Å². The van der Waals surface area contributed by atoms with Crippen molar-refractivity contribution in [1.29, 1.82) is 0 Å². The Kier molecular flexibility index (Phi) is 6.06. The molecule has 1 aromatic carbocycles. The predicted molar refractivity (Wildman–Crippen MR) is 76.5 cm³/mol. The lowest BCUT2D eigenvalue weighted by Crippen LogP contribution is -2.16. The van der Waals surface area contributed by atoms with Gasteiger partial charge in [0, 0.05) is 16.0 Å². The molecule has 0 atom stereocenters. The summed E-state index contributed by atoms with van der Waals surface area (Å²) in [6.45, 7) is 0. The molecule has 1 aromatic rings. The molecule has 0 unspecified atom stereocenters. The number of halogens is 3. The van der Waals surface area contributed by atoms with Crippen LogP contribution < -0.4 is 4.72 Å². The third-order valence-corrected chi connectivity index (χ3v) is 4.84. The Bertz CT molecular complexity index is 479. The first-order valence-electron chi connectivity index (χ1n) is 4.96. The number of benzene rings is 1. The zero-order chi connectivity index (χ0) is 12.9. The van der Waals surface area contributed by atoms with Gasteiger partial charge in [-0.2, -0.15) is 0 Å². The number of sulfonamides is 1. The smallest absolute Gasteiger partial charge is 0.232 e. The fraction of sp³-hybridized carbons (Fsp3) is 0.400. The van der Waals surface area contributed by atoms with Gasteiger partial charge in [0.2, 0.25) is 10.0 Å². The van der Waals surface area contributed by atoms with Crippen molar-refractivity contribution >= 4 is 54.8 Å². The molecule has 0 saturated carbocycles. The first kappa shape index (κ1) is 15.1. The molecule has 0 heterocycles. The average molecular weight is 361 g/mol. The first-order chi connectivity index (χ1) is 7.94. The molecule has 0 aliphatic heterocycles. The number of nitrogens with one attached hydrogen (secondary N) is 1. The summed E-state index contributed by atoms with van der Waals surface area (Å²) in [6, 6.07) is 4.87. The maximum Gasteiger partial charge on any atom is 0.232 e. The monoisotopic (exact) mass is 359 g/mol. The zero-order valence-electron chi connectivity index (χ0n) is 8.92. The Morgan fingerprint density at radius 1 is 1.29 bits per heavy atom. The van der Waals surface area contributed by atoms with Crippen LogP contribution in [0.25, 0.3) is 0 Å². The molecule has 0 fully saturated rings. The second kappa shape index (κ2) is 6.83. The van der Waals surface area contributed by atoms with Crippen molar-refractivity contribution in [3.63, 3.8) is 0 Å². The summed E-state index contributed by atoms with van der Waals surface area (Å²) in [5.74, 6) is 0.544. The maximum absolute atomic E-state index is 11.7. The Balaban J connectivity index is 2.66. The molecule has 3 nitrogen and oxygen atoms in total. The lowest BCUT2D eigenvalue weighted by molar-refractivity contribution is 0.598. The molecular formula is C10H12BrCl2NO2S. The molecule has 0 aliphatic carbocycles. The van der Waals surface area contributed by atoms with E-state index < -0.39 is 10.0 Å². The number of unbranched alkanes of at least 4 members (excludes halogenated alkanes) is 1. The number of hydrogen-bond donors (Lipinski definition) is 1. The van der Waals surface area contributed by atoms with E-state index in [2.05, 4.69) is 20.7 Å². The van der Waals surface area contributed by atoms with Gasteiger partial charge in [-0.1, -0.05) is 11.6 Å². The van der Waals surface area contributed by atoms with Gasteiger partial charge in [0.15, 0.2) is 0 Å². The van der Waals surface area contributed by atoms with E-state index in [1.54, 1.807) is 18.2 Å². The van der Waals surface area contributed by atoms with Crippen molar-refractivity contribution in [1.82, 2.24) is 0 Å². The molecule has 0 aromatic heterocycles. The van der Waals surface area contributed by atoms with Crippen LogP contribution in [-0.2, 0) is 10.0 Å². The van der Waals surface area contributed by atoms with Crippen molar-refractivity contribution in [2.24, 2.45) is 0 Å². The quantitative estimate of drug-likeness (QED) is 0.618. The fourth-order valence-corrected chi connectivity index (χ4v) is 3.03. The highest BCUT2D eigenvalue weighted by Crippen LogP contribution is 2.26. The summed E-state index contributed by atoms with van der Waals surface area (Å²) < 4.78 is 26.5. The molecule has 0 saturated heterocycles. The van der Waals surface area contributed by atoms with Gasteiger partial charge >= 0.3 is 0 Å². The van der Waals surface area contributed by atoms with E-state index >= 15 is 0 Å². The van der Waals surface area contributed by atoms with E-state index in [9.17, 15) is 8.42 Å². The van der Waals surface area contributed by atoms with Crippen molar-refractivity contribution < 1.29 is 8.42 Å². The van der Waals surface area contributed by atoms with Crippen molar-refractivity contribution in [3.05, 3.63) is 27.7 Å². The van der Waals surface area contributed by atoms with Crippen molar-refractivity contribution in [2.75, 3.05) is 16.4 Å². The largest absolute Gasteiger partial charge is 0.284 e. The van der Waals surface area contributed by atoms with E-state index in [0.29, 0.717) is 33.9 Å². The van der Waals surface area contributed by atoms with Crippen LogP contribution in [0.3, 0.4) is 0 Å². The first-order valence-corrected chi connectivity index (χ1v) is 8.32. The summed E-state index contributed by atoms with van der Waals surface area (Å²) in [7, 11) is -3.31. The van der Waals surface area contributed by atoms with Gasteiger partial charge in [-0.25, -0.2) is 8.42 Å². The van der Waals surface area contributed by atoms with Gasteiger partial charge in [0.05, 0.1) is 10.8 Å². The van der Waals surface area contributed by atoms with Crippen LogP contribution in [0.1, 0.15) is 12.8 Å². The number of anilines is 1. The van der Waals surface area contributed by atoms with Crippen molar-refractivity contribution in [3.8, 4) is 0 Å². The van der Waals surface area contributed by atoms with Crippen molar-refractivity contribution in [2.45, 2.75) is 12.8 Å². The lowest BCUT2D eigenvalue weighted by atomic mass is 10.3. The molecular weight excluding hydrogens is 349 g/mol. The molecule has 1 rings (SSSR count). The number of hydrogen-bond acceptors (Lipinski definition) is 2. The van der Waals surface area contributed by atoms with E-state index in [1.807, 2.05) is 0 Å². The maximum atomic E-state index is 11.7. The van der Waals surface area contributed by atoms with Gasteiger partial charge in [0.25, 0.3) is 0 Å². The molecule has 0 aliphatic rings. The second-order valence-electron chi connectivity index (χ2n) is 3.45. The summed E-state index contributed by atoms with van der Waals surface area (Å²) >= 11 is 14.5. The SMILES string of the molecule is O=S(=O)(CCCCCl)Nc1ccc(Cl)c(Br)c1. The summed E-state index contributed by atoms with van der Waals surface area (Å²) in [5.41, 5.74) is 0.493. The molecule has 0 amide bonds. The normalized spacial score (nSPS) is 11.5. The molecule has 0 radical (unpaired) electrons. The van der Waals surface area contributed by atoms with Gasteiger partial charge in [-0.3, -0.25) is 4.72 Å². The molecule has 96 valence electrons. The van der Waals surface area contributed by atoms with Gasteiger partial charge in [0.1, 0.15) is 0 Å². The second-order valence-corrected chi connectivity index (χ2v) is 6.93. The summed E-state index contributed by atoms with van der Waals surface area (Å²) in [5, 5.41) is 0.537. The standard InChI is InChI=1S/C10H12BrCl2NO2S/c11-9-7-8(3-4-10(9)13)14-17(15,16)6-2-1-5-12/h3-4,7,14H,1-2,5-6H2. The van der Waals surface area contributed by atoms with Gasteiger partial charge in [-0.15, -0.1) is 11.6 Å². The molecule has 7 heteroatoms. The van der Waals surface area contributed by atoms with E-state index in [4.69, 9.17) is 23.2 Å².